The monoisotopic (exact) mass is 422 g/mol. The molecule has 0 radical (unpaired) electrons. The molecule has 0 bridgehead atoms. The van der Waals surface area contributed by atoms with E-state index in [-0.39, 0.29) is 11.8 Å². The second-order valence-corrected chi connectivity index (χ2v) is 8.92. The molecule has 162 valence electrons. The molecule has 1 aliphatic rings. The predicted molar refractivity (Wildman–Crippen MR) is 131 cm³/mol. The molecule has 3 nitrogen and oxygen atoms in total. The van der Waals surface area contributed by atoms with E-state index in [1.54, 1.807) is 0 Å². The molecule has 0 saturated carbocycles. The molecular weight excluding hydrogens is 392 g/mol. The minimum atomic E-state index is -0.0707. The van der Waals surface area contributed by atoms with Crippen LogP contribution in [0.3, 0.4) is 0 Å². The van der Waals surface area contributed by atoms with Crippen molar-refractivity contribution in [2.75, 3.05) is 6.54 Å². The molecule has 3 heteroatoms. The molecule has 5 rings (SSSR count). The highest BCUT2D eigenvalue weighted by atomic mass is 16.1. The van der Waals surface area contributed by atoms with Gasteiger partial charge in [-0.25, -0.2) is 0 Å². The predicted octanol–water partition coefficient (Wildman–Crippen LogP) is 5.78. The second-order valence-electron chi connectivity index (χ2n) is 8.92. The molecule has 1 N–H and O–H groups in total. The van der Waals surface area contributed by atoms with Crippen molar-refractivity contribution in [2.45, 2.75) is 45.1 Å². The number of carbonyl (C=O) groups is 1. The Morgan fingerprint density at radius 1 is 0.938 bits per heavy atom. The van der Waals surface area contributed by atoms with Crippen molar-refractivity contribution in [1.29, 1.82) is 0 Å². The van der Waals surface area contributed by atoms with Crippen LogP contribution in [0.15, 0.2) is 78.9 Å². The lowest BCUT2D eigenvalue weighted by Gasteiger charge is -2.24. The topological polar surface area (TPSA) is 34.0 Å². The number of fused-ring (bicyclic) bond motifs is 3. The quantitative estimate of drug-likeness (QED) is 0.420. The highest BCUT2D eigenvalue weighted by molar-refractivity contribution is 5.94. The maximum Gasteiger partial charge on any atom is 0.227 e. The molecule has 0 aliphatic heterocycles. The van der Waals surface area contributed by atoms with Crippen LogP contribution in [0, 0.1) is 6.92 Å². The second kappa shape index (κ2) is 9.04. The summed E-state index contributed by atoms with van der Waals surface area (Å²) in [5, 5.41) is 4.46. The summed E-state index contributed by atoms with van der Waals surface area (Å²) in [5.74, 6) is 0.0961. The van der Waals surface area contributed by atoms with Crippen LogP contribution in [0.1, 0.15) is 46.7 Å². The lowest BCUT2D eigenvalue weighted by molar-refractivity contribution is -0.122. The van der Waals surface area contributed by atoms with E-state index in [0.717, 1.165) is 32.2 Å². The lowest BCUT2D eigenvalue weighted by Crippen LogP contribution is -2.33. The van der Waals surface area contributed by atoms with Crippen LogP contribution in [0.25, 0.3) is 10.9 Å². The molecular formula is C29H30N2O. The number of hydrogen-bond donors (Lipinski definition) is 1. The molecule has 1 atom stereocenters. The van der Waals surface area contributed by atoms with Gasteiger partial charge < -0.3 is 9.88 Å². The summed E-state index contributed by atoms with van der Waals surface area (Å²) in [6, 6.07) is 27.7. The number of hydrogen-bond acceptors (Lipinski definition) is 1. The highest BCUT2D eigenvalue weighted by Gasteiger charge is 2.31. The largest absolute Gasteiger partial charge is 0.355 e. The van der Waals surface area contributed by atoms with Gasteiger partial charge in [0.15, 0.2) is 0 Å². The fraction of sp³-hybridized carbons (Fsp3) is 0.276. The van der Waals surface area contributed by atoms with Gasteiger partial charge in [0.1, 0.15) is 0 Å². The maximum absolute atomic E-state index is 13.3. The molecule has 32 heavy (non-hydrogen) atoms. The van der Waals surface area contributed by atoms with E-state index in [2.05, 4.69) is 77.5 Å². The zero-order valence-corrected chi connectivity index (χ0v) is 18.7. The van der Waals surface area contributed by atoms with E-state index in [1.807, 2.05) is 18.2 Å². The van der Waals surface area contributed by atoms with Crippen molar-refractivity contribution in [3.8, 4) is 0 Å². The molecule has 0 saturated heterocycles. The minimum Gasteiger partial charge on any atom is -0.355 e. The van der Waals surface area contributed by atoms with Crippen molar-refractivity contribution >= 4 is 16.8 Å². The van der Waals surface area contributed by atoms with E-state index in [9.17, 15) is 4.79 Å². The Balaban J connectivity index is 1.43. The maximum atomic E-state index is 13.3. The summed E-state index contributed by atoms with van der Waals surface area (Å²) in [5.41, 5.74) is 7.65. The summed E-state index contributed by atoms with van der Waals surface area (Å²) in [4.78, 5) is 13.3. The minimum absolute atomic E-state index is 0.0707. The first kappa shape index (κ1) is 20.6. The Kier molecular flexibility index (Phi) is 5.81. The van der Waals surface area contributed by atoms with Gasteiger partial charge in [-0.05, 0) is 55.4 Å². The van der Waals surface area contributed by atoms with Crippen LogP contribution in [0.5, 0.6) is 0 Å². The third kappa shape index (κ3) is 4.08. The van der Waals surface area contributed by atoms with Gasteiger partial charge in [0.25, 0.3) is 0 Å². The summed E-state index contributed by atoms with van der Waals surface area (Å²) in [6.45, 7) is 3.65. The first-order valence-electron chi connectivity index (χ1n) is 11.7. The first-order valence-corrected chi connectivity index (χ1v) is 11.7. The standard InChI is InChI=1S/C29H30N2O/c1-21-14-16-23(17-15-21)20-31-26-12-6-5-10-24(26)28-25(11-7-13-27(28)31)29(32)30-19-18-22-8-3-2-4-9-22/h2-6,8-10,12,14-17,25H,7,11,13,18-20H2,1H3,(H,30,32). The van der Waals surface area contributed by atoms with Gasteiger partial charge in [-0.2, -0.15) is 0 Å². The van der Waals surface area contributed by atoms with Crippen molar-refractivity contribution in [1.82, 2.24) is 9.88 Å². The van der Waals surface area contributed by atoms with E-state index in [4.69, 9.17) is 0 Å². The fourth-order valence-corrected chi connectivity index (χ4v) is 5.08. The third-order valence-corrected chi connectivity index (χ3v) is 6.71. The van der Waals surface area contributed by atoms with E-state index in [1.165, 1.54) is 38.9 Å². The van der Waals surface area contributed by atoms with Crippen LogP contribution in [0.4, 0.5) is 0 Å². The van der Waals surface area contributed by atoms with Gasteiger partial charge in [0, 0.05) is 29.7 Å². The number of nitrogens with zero attached hydrogens (tertiary/aromatic N) is 1. The highest BCUT2D eigenvalue weighted by Crippen LogP contribution is 2.39. The third-order valence-electron chi connectivity index (χ3n) is 6.71. The van der Waals surface area contributed by atoms with Gasteiger partial charge in [0.05, 0.1) is 5.92 Å². The molecule has 0 fully saturated rings. The number of aromatic nitrogens is 1. The molecule has 1 heterocycles. The van der Waals surface area contributed by atoms with Crippen LogP contribution >= 0.6 is 0 Å². The summed E-state index contributed by atoms with van der Waals surface area (Å²) < 4.78 is 2.44. The summed E-state index contributed by atoms with van der Waals surface area (Å²) in [6.07, 6.45) is 3.86. The summed E-state index contributed by atoms with van der Waals surface area (Å²) in [7, 11) is 0. The van der Waals surface area contributed by atoms with Crippen molar-refractivity contribution in [3.05, 3.63) is 107 Å². The molecule has 3 aromatic carbocycles. The average Bonchev–Trinajstić information content (AvgIpc) is 3.15. The van der Waals surface area contributed by atoms with Crippen molar-refractivity contribution in [3.63, 3.8) is 0 Å². The number of rotatable bonds is 6. The number of carbonyl (C=O) groups excluding carboxylic acids is 1. The molecule has 1 amide bonds. The van der Waals surface area contributed by atoms with Crippen LogP contribution in [0.2, 0.25) is 0 Å². The van der Waals surface area contributed by atoms with Crippen LogP contribution in [-0.2, 0) is 24.2 Å². The van der Waals surface area contributed by atoms with E-state index < -0.39 is 0 Å². The lowest BCUT2D eigenvalue weighted by atomic mass is 9.84. The number of aryl methyl sites for hydroxylation is 1. The number of amides is 1. The summed E-state index contributed by atoms with van der Waals surface area (Å²) >= 11 is 0. The normalized spacial score (nSPS) is 15.5. The van der Waals surface area contributed by atoms with Gasteiger partial charge >= 0.3 is 0 Å². The number of benzene rings is 3. The molecule has 0 spiro atoms. The first-order chi connectivity index (χ1) is 15.7. The Morgan fingerprint density at radius 2 is 1.69 bits per heavy atom. The molecule has 1 aliphatic carbocycles. The van der Waals surface area contributed by atoms with Gasteiger partial charge in [-0.15, -0.1) is 0 Å². The fourth-order valence-electron chi connectivity index (χ4n) is 5.08. The van der Waals surface area contributed by atoms with Gasteiger partial charge in [-0.3, -0.25) is 4.79 Å². The average molecular weight is 423 g/mol. The Bertz CT molecular complexity index is 1220. The van der Waals surface area contributed by atoms with Crippen LogP contribution < -0.4 is 5.32 Å². The molecule has 4 aromatic rings. The SMILES string of the molecule is Cc1ccc(Cn2c3c(c4ccccc42)C(C(=O)NCCc2ccccc2)CCC3)cc1. The zero-order valence-electron chi connectivity index (χ0n) is 18.7. The molecule has 1 aromatic heterocycles. The molecule has 1 unspecified atom stereocenters. The van der Waals surface area contributed by atoms with E-state index >= 15 is 0 Å². The Labute approximate surface area is 190 Å². The Hall–Kier alpha value is -3.33. The number of para-hydroxylation sites is 1. The zero-order chi connectivity index (χ0) is 21.9. The smallest absolute Gasteiger partial charge is 0.227 e. The number of nitrogens with one attached hydrogen (secondary N) is 1. The van der Waals surface area contributed by atoms with Crippen LogP contribution in [-0.4, -0.2) is 17.0 Å². The van der Waals surface area contributed by atoms with Crippen molar-refractivity contribution in [2.24, 2.45) is 0 Å². The Morgan fingerprint density at radius 3 is 2.50 bits per heavy atom. The van der Waals surface area contributed by atoms with Gasteiger partial charge in [0.2, 0.25) is 5.91 Å². The van der Waals surface area contributed by atoms with E-state index in [0.29, 0.717) is 6.54 Å². The van der Waals surface area contributed by atoms with Gasteiger partial charge in [-0.1, -0.05) is 78.4 Å². The van der Waals surface area contributed by atoms with Crippen molar-refractivity contribution < 1.29 is 4.79 Å².